The summed E-state index contributed by atoms with van der Waals surface area (Å²) in [6.45, 7) is 2.08. The van der Waals surface area contributed by atoms with E-state index in [1.165, 1.54) is 0 Å². The van der Waals surface area contributed by atoms with Crippen molar-refractivity contribution in [3.63, 3.8) is 0 Å². The molecule has 15 heavy (non-hydrogen) atoms. The van der Waals surface area contributed by atoms with Gasteiger partial charge in [-0.15, -0.1) is 0 Å². The van der Waals surface area contributed by atoms with Crippen LogP contribution >= 0.6 is 0 Å². The van der Waals surface area contributed by atoms with Crippen LogP contribution in [0.2, 0.25) is 0 Å². The van der Waals surface area contributed by atoms with E-state index in [0.717, 1.165) is 32.8 Å². The normalized spacial score (nSPS) is 12.5. The van der Waals surface area contributed by atoms with Gasteiger partial charge >= 0.3 is 91.2 Å². The van der Waals surface area contributed by atoms with E-state index in [9.17, 15) is 9.50 Å². The molecule has 0 aromatic rings. The first-order valence-corrected chi connectivity index (χ1v) is 5.43. The number of carboxylic acid groups (broad SMARTS) is 1. The molecule has 0 aliphatic rings. The second-order valence-corrected chi connectivity index (χ2v) is 3.95. The van der Waals surface area contributed by atoms with Gasteiger partial charge in [0.15, 0.2) is 0 Å². The third kappa shape index (κ3) is 8.30. The van der Waals surface area contributed by atoms with Crippen LogP contribution in [0.1, 0.15) is 39.0 Å². The Morgan fingerprint density at radius 3 is 2.60 bits per heavy atom. The Hall–Kier alpha value is -0.705. The van der Waals surface area contributed by atoms with Crippen molar-refractivity contribution < 1.29 is 14.6 Å². The molecule has 0 aliphatic heterocycles. The van der Waals surface area contributed by atoms with Crippen LogP contribution in [-0.4, -0.2) is 42.7 Å². The van der Waals surface area contributed by atoms with Crippen molar-refractivity contribution >= 4 is 13.1 Å². The number of aliphatic carboxylic acids is 1. The molecule has 0 aromatic heterocycles. The van der Waals surface area contributed by atoms with Gasteiger partial charge in [0.1, 0.15) is 0 Å². The molecule has 0 saturated heterocycles. The Morgan fingerprint density at radius 2 is 2.07 bits per heavy atom. The molecule has 0 rings (SSSR count). The van der Waals surface area contributed by atoms with Crippen molar-refractivity contribution in [3.8, 4) is 0 Å². The van der Waals surface area contributed by atoms with E-state index in [1.54, 1.807) is 0 Å². The van der Waals surface area contributed by atoms with E-state index < -0.39 is 5.97 Å². The van der Waals surface area contributed by atoms with Crippen molar-refractivity contribution in [2.45, 2.75) is 45.1 Å². The van der Waals surface area contributed by atoms with Crippen LogP contribution in [0, 0.1) is 0 Å². The van der Waals surface area contributed by atoms with Gasteiger partial charge in [-0.2, -0.15) is 0 Å². The van der Waals surface area contributed by atoms with Crippen LogP contribution in [0.5, 0.6) is 0 Å². The molecule has 0 spiro atoms. The monoisotopic (exact) mass is 213 g/mol. The van der Waals surface area contributed by atoms with Crippen molar-refractivity contribution in [1.29, 1.82) is 0 Å². The van der Waals surface area contributed by atoms with Gasteiger partial charge in [0.25, 0.3) is 0 Å². The Labute approximate surface area is 91.9 Å². The van der Waals surface area contributed by atoms with E-state index >= 15 is 0 Å². The maximum atomic E-state index is 10.3. The molecule has 5 heteroatoms. The molecule has 86 valence electrons. The number of hydrogen-bond donors (Lipinski definition) is 1. The molecule has 0 bridgehead atoms. The molecule has 0 fully saturated rings. The third-order valence-electron chi connectivity index (χ3n) is 2.63. The average molecular weight is 213 g/mol. The second-order valence-electron chi connectivity index (χ2n) is 3.95. The Kier molecular flexibility index (Phi) is 8.19. The first kappa shape index (κ1) is 14.3. The zero-order chi connectivity index (χ0) is 11.7. The van der Waals surface area contributed by atoms with Crippen LogP contribution in [-0.2, 0) is 9.50 Å². The molecule has 1 unspecified atom stereocenters. The summed E-state index contributed by atoms with van der Waals surface area (Å²) < 4.78 is 10.3. The maximum absolute atomic E-state index is 10.3. The Morgan fingerprint density at radius 1 is 1.40 bits per heavy atom. The SMILES string of the molecule is CC(CCCCCC(=O)O)N(C)CB=O. The molecule has 0 aliphatic carbocycles. The molecule has 0 aromatic carbocycles. The molecular formula is C10H20BNO3. The van der Waals surface area contributed by atoms with Crippen molar-refractivity contribution in [3.05, 3.63) is 0 Å². The summed E-state index contributed by atoms with van der Waals surface area (Å²) in [4.78, 5) is 12.2. The number of hydrogen-bond acceptors (Lipinski definition) is 3. The van der Waals surface area contributed by atoms with Gasteiger partial charge in [-0.05, 0) is 0 Å². The quantitative estimate of drug-likeness (QED) is 0.464. The summed E-state index contributed by atoms with van der Waals surface area (Å²) in [5, 5.41) is 8.43. The van der Waals surface area contributed by atoms with E-state index in [2.05, 4.69) is 6.92 Å². The zero-order valence-corrected chi connectivity index (χ0v) is 9.61. The fourth-order valence-electron chi connectivity index (χ4n) is 1.41. The van der Waals surface area contributed by atoms with Crippen LogP contribution in [0.4, 0.5) is 0 Å². The second kappa shape index (κ2) is 8.59. The summed E-state index contributed by atoms with van der Waals surface area (Å²) >= 11 is 0. The topological polar surface area (TPSA) is 57.6 Å². The average Bonchev–Trinajstić information content (AvgIpc) is 2.16. The number of carbonyl (C=O) groups is 1. The predicted octanol–water partition coefficient (Wildman–Crippen LogP) is 1.35. The van der Waals surface area contributed by atoms with Gasteiger partial charge in [0, 0.05) is 0 Å². The van der Waals surface area contributed by atoms with Crippen LogP contribution in [0.25, 0.3) is 0 Å². The summed E-state index contributed by atoms with van der Waals surface area (Å²) in [5.41, 5.74) is 0. The van der Waals surface area contributed by atoms with E-state index in [-0.39, 0.29) is 6.42 Å². The van der Waals surface area contributed by atoms with Gasteiger partial charge in [-0.25, -0.2) is 0 Å². The first-order valence-electron chi connectivity index (χ1n) is 5.43. The van der Waals surface area contributed by atoms with Crippen molar-refractivity contribution in [1.82, 2.24) is 4.90 Å². The number of rotatable bonds is 9. The molecule has 0 radical (unpaired) electrons. The molecule has 4 nitrogen and oxygen atoms in total. The van der Waals surface area contributed by atoms with E-state index in [0.29, 0.717) is 12.5 Å². The number of unbranched alkanes of at least 4 members (excludes halogenated alkanes) is 2. The van der Waals surface area contributed by atoms with E-state index in [4.69, 9.17) is 5.11 Å². The number of carboxylic acids is 1. The van der Waals surface area contributed by atoms with Gasteiger partial charge in [0.2, 0.25) is 0 Å². The molecule has 0 saturated carbocycles. The Bertz CT molecular complexity index is 199. The van der Waals surface area contributed by atoms with Gasteiger partial charge in [0.05, 0.1) is 0 Å². The number of nitrogens with zero attached hydrogens (tertiary/aromatic N) is 1. The van der Waals surface area contributed by atoms with Gasteiger partial charge in [-0.3, -0.25) is 0 Å². The van der Waals surface area contributed by atoms with Gasteiger partial charge in [-0.1, -0.05) is 0 Å². The molecular weight excluding hydrogens is 193 g/mol. The van der Waals surface area contributed by atoms with Crippen molar-refractivity contribution in [2.24, 2.45) is 0 Å². The summed E-state index contributed by atoms with van der Waals surface area (Å²) in [6, 6.07) is 0.389. The molecule has 0 amide bonds. The van der Waals surface area contributed by atoms with Crippen LogP contribution in [0.15, 0.2) is 0 Å². The fraction of sp³-hybridized carbons (Fsp3) is 0.900. The minimum absolute atomic E-state index is 0.262. The Balaban J connectivity index is 3.41. The first-order chi connectivity index (χ1) is 7.07. The fourth-order valence-corrected chi connectivity index (χ4v) is 1.41. The zero-order valence-electron chi connectivity index (χ0n) is 9.61. The minimum atomic E-state index is -0.721. The van der Waals surface area contributed by atoms with Crippen LogP contribution in [0.3, 0.4) is 0 Å². The molecule has 0 heterocycles. The van der Waals surface area contributed by atoms with E-state index in [1.807, 2.05) is 11.9 Å². The standard InChI is InChI=1S/C10H20BNO3/c1-9(12(2)8-11-15)6-4-3-5-7-10(13)14/h9H,3-8H2,1-2H3,(H,13,14). The summed E-state index contributed by atoms with van der Waals surface area (Å²) in [6.07, 6.45) is 4.47. The summed E-state index contributed by atoms with van der Waals surface area (Å²) in [5.74, 6) is -0.721. The van der Waals surface area contributed by atoms with Gasteiger partial charge < -0.3 is 0 Å². The summed E-state index contributed by atoms with van der Waals surface area (Å²) in [7, 11) is 2.83. The predicted molar refractivity (Wildman–Crippen MR) is 59.3 cm³/mol. The van der Waals surface area contributed by atoms with Crippen LogP contribution < -0.4 is 0 Å². The van der Waals surface area contributed by atoms with Crippen molar-refractivity contribution in [2.75, 3.05) is 13.5 Å². The molecule has 1 N–H and O–H groups in total. The molecule has 1 atom stereocenters. The third-order valence-corrected chi connectivity index (χ3v) is 2.63.